The van der Waals surface area contributed by atoms with Gasteiger partial charge in [0.15, 0.2) is 0 Å². The van der Waals surface area contributed by atoms with Crippen LogP contribution in [0.3, 0.4) is 0 Å². The molecule has 0 saturated heterocycles. The Kier molecular flexibility index (Phi) is 5.02. The largest absolute Gasteiger partial charge is 0.368 e. The number of hydrogen-bond acceptors (Lipinski definition) is 3. The number of carbonyl (C=O) groups excluding carboxylic acids is 2. The zero-order chi connectivity index (χ0) is 17.9. The number of carbonyl (C=O) groups is 2. The van der Waals surface area contributed by atoms with Crippen LogP contribution in [0.4, 0.5) is 0 Å². The Morgan fingerprint density at radius 1 is 1.08 bits per heavy atom. The van der Waals surface area contributed by atoms with E-state index in [0.717, 1.165) is 16.7 Å². The molecule has 2 amide bonds. The third kappa shape index (κ3) is 4.19. The van der Waals surface area contributed by atoms with Crippen LogP contribution in [0.5, 0.6) is 0 Å². The summed E-state index contributed by atoms with van der Waals surface area (Å²) in [4.78, 5) is 28.3. The van der Waals surface area contributed by atoms with Crippen molar-refractivity contribution >= 4 is 11.8 Å². The highest BCUT2D eigenvalue weighted by atomic mass is 16.2. The lowest BCUT2D eigenvalue weighted by Crippen LogP contribution is -2.52. The zero-order valence-corrected chi connectivity index (χ0v) is 14.5. The molecule has 3 N–H and O–H groups in total. The predicted octanol–water partition coefficient (Wildman–Crippen LogP) is 2.69. The molecule has 0 spiro atoms. The molecule has 2 rings (SSSR count). The Balaban J connectivity index is 2.26. The summed E-state index contributed by atoms with van der Waals surface area (Å²) < 4.78 is 0. The highest BCUT2D eigenvalue weighted by molar-refractivity contribution is 5.98. The van der Waals surface area contributed by atoms with Crippen LogP contribution in [0.15, 0.2) is 42.7 Å². The number of rotatable bonds is 4. The summed E-state index contributed by atoms with van der Waals surface area (Å²) in [6.07, 6.45) is 3.19. The van der Waals surface area contributed by atoms with Crippen LogP contribution >= 0.6 is 0 Å². The molecule has 5 heteroatoms. The first kappa shape index (κ1) is 17.7. The van der Waals surface area contributed by atoms with Crippen LogP contribution in [0.1, 0.15) is 36.7 Å². The van der Waals surface area contributed by atoms with Crippen LogP contribution in [-0.2, 0) is 4.79 Å². The molecule has 126 valence electrons. The Hall–Kier alpha value is -2.69. The number of nitrogens with two attached hydrogens (primary N) is 1. The summed E-state index contributed by atoms with van der Waals surface area (Å²) in [5.41, 5.74) is 8.32. The summed E-state index contributed by atoms with van der Waals surface area (Å²) in [7, 11) is 0. The van der Waals surface area contributed by atoms with Crippen molar-refractivity contribution in [1.82, 2.24) is 10.3 Å². The molecule has 1 aromatic carbocycles. The van der Waals surface area contributed by atoms with Gasteiger partial charge in [0.25, 0.3) is 5.91 Å². The smallest absolute Gasteiger partial charge is 0.253 e. The molecule has 5 nitrogen and oxygen atoms in total. The molecule has 0 aliphatic rings. The molecule has 0 unspecified atom stereocenters. The van der Waals surface area contributed by atoms with Crippen molar-refractivity contribution in [2.24, 2.45) is 11.1 Å². The lowest BCUT2D eigenvalue weighted by Gasteiger charge is -2.28. The van der Waals surface area contributed by atoms with E-state index in [4.69, 9.17) is 5.73 Å². The minimum Gasteiger partial charge on any atom is -0.368 e. The SMILES string of the molecule is Cc1ccc(-c2cncc(C(=O)N[C@H](C(N)=O)C(C)(C)C)c2)cc1. The molecule has 0 aliphatic carbocycles. The van der Waals surface area contributed by atoms with E-state index in [0.29, 0.717) is 5.56 Å². The second kappa shape index (κ2) is 6.83. The maximum absolute atomic E-state index is 12.5. The summed E-state index contributed by atoms with van der Waals surface area (Å²) in [5.74, 6) is -0.923. The van der Waals surface area contributed by atoms with E-state index in [1.165, 1.54) is 6.20 Å². The lowest BCUT2D eigenvalue weighted by molar-refractivity contribution is -0.122. The van der Waals surface area contributed by atoms with Gasteiger partial charge in [0.05, 0.1) is 5.56 Å². The molecule has 0 bridgehead atoms. The average Bonchev–Trinajstić information content (AvgIpc) is 2.51. The molecule has 24 heavy (non-hydrogen) atoms. The quantitative estimate of drug-likeness (QED) is 0.906. The van der Waals surface area contributed by atoms with Crippen LogP contribution in [0.2, 0.25) is 0 Å². The Bertz CT molecular complexity index is 746. The summed E-state index contributed by atoms with van der Waals surface area (Å²) in [6, 6.07) is 8.97. The topological polar surface area (TPSA) is 85.1 Å². The van der Waals surface area contributed by atoms with Gasteiger partial charge in [-0.25, -0.2) is 0 Å². The van der Waals surface area contributed by atoms with Gasteiger partial charge in [0.2, 0.25) is 5.91 Å². The minimum absolute atomic E-state index is 0.366. The summed E-state index contributed by atoms with van der Waals surface area (Å²) >= 11 is 0. The predicted molar refractivity (Wildman–Crippen MR) is 94.3 cm³/mol. The van der Waals surface area contributed by atoms with E-state index in [2.05, 4.69) is 10.3 Å². The number of nitrogens with one attached hydrogen (secondary N) is 1. The number of nitrogens with zero attached hydrogens (tertiary/aromatic N) is 1. The molecule has 0 saturated carbocycles. The van der Waals surface area contributed by atoms with E-state index in [9.17, 15) is 9.59 Å². The molecular weight excluding hydrogens is 302 g/mol. The Morgan fingerprint density at radius 2 is 1.71 bits per heavy atom. The maximum Gasteiger partial charge on any atom is 0.253 e. The van der Waals surface area contributed by atoms with Crippen LogP contribution in [0.25, 0.3) is 11.1 Å². The standard InChI is InChI=1S/C19H23N3O2/c1-12-5-7-13(8-6-12)14-9-15(11-21-10-14)18(24)22-16(17(20)23)19(2,3)4/h5-11,16H,1-4H3,(H2,20,23)(H,22,24)/t16-/m1/s1. The van der Waals surface area contributed by atoms with Crippen molar-refractivity contribution in [1.29, 1.82) is 0 Å². The molecule has 0 fully saturated rings. The highest BCUT2D eigenvalue weighted by Crippen LogP contribution is 2.22. The number of pyridine rings is 1. The fourth-order valence-corrected chi connectivity index (χ4v) is 2.40. The number of aromatic nitrogens is 1. The van der Waals surface area contributed by atoms with Gasteiger partial charge >= 0.3 is 0 Å². The number of benzene rings is 1. The van der Waals surface area contributed by atoms with Crippen LogP contribution in [-0.4, -0.2) is 22.8 Å². The van der Waals surface area contributed by atoms with E-state index in [-0.39, 0.29) is 5.91 Å². The normalized spacial score (nSPS) is 12.5. The van der Waals surface area contributed by atoms with Gasteiger partial charge in [-0.05, 0) is 24.0 Å². The summed E-state index contributed by atoms with van der Waals surface area (Å²) in [6.45, 7) is 7.57. The van der Waals surface area contributed by atoms with Crippen molar-refractivity contribution in [3.63, 3.8) is 0 Å². The first-order chi connectivity index (χ1) is 11.2. The second-order valence-corrected chi connectivity index (χ2v) is 7.00. The van der Waals surface area contributed by atoms with E-state index >= 15 is 0 Å². The fraction of sp³-hybridized carbons (Fsp3) is 0.316. The molecule has 0 radical (unpaired) electrons. The van der Waals surface area contributed by atoms with Crippen molar-refractivity contribution in [2.45, 2.75) is 33.7 Å². The third-order valence-corrected chi connectivity index (χ3v) is 3.81. The van der Waals surface area contributed by atoms with Gasteiger partial charge in [0, 0.05) is 18.0 Å². The van der Waals surface area contributed by atoms with Crippen molar-refractivity contribution in [3.8, 4) is 11.1 Å². The number of amides is 2. The number of primary amides is 1. The van der Waals surface area contributed by atoms with Gasteiger partial charge in [0.1, 0.15) is 6.04 Å². The van der Waals surface area contributed by atoms with Gasteiger partial charge in [-0.1, -0.05) is 50.6 Å². The van der Waals surface area contributed by atoms with E-state index in [1.807, 2.05) is 52.0 Å². The Morgan fingerprint density at radius 3 is 2.25 bits per heavy atom. The van der Waals surface area contributed by atoms with Crippen LogP contribution < -0.4 is 11.1 Å². The van der Waals surface area contributed by atoms with E-state index < -0.39 is 17.4 Å². The van der Waals surface area contributed by atoms with Crippen molar-refractivity contribution in [2.75, 3.05) is 0 Å². The van der Waals surface area contributed by atoms with Gasteiger partial charge in [-0.2, -0.15) is 0 Å². The molecular formula is C19H23N3O2. The van der Waals surface area contributed by atoms with Crippen molar-refractivity contribution < 1.29 is 9.59 Å². The molecule has 2 aromatic rings. The van der Waals surface area contributed by atoms with Gasteiger partial charge in [-0.3, -0.25) is 14.6 Å². The van der Waals surface area contributed by atoms with Crippen molar-refractivity contribution in [3.05, 3.63) is 53.9 Å². The fourth-order valence-electron chi connectivity index (χ4n) is 2.40. The second-order valence-electron chi connectivity index (χ2n) is 7.00. The van der Waals surface area contributed by atoms with E-state index in [1.54, 1.807) is 12.3 Å². The van der Waals surface area contributed by atoms with Gasteiger partial charge in [-0.15, -0.1) is 0 Å². The Labute approximate surface area is 142 Å². The number of hydrogen-bond donors (Lipinski definition) is 2. The van der Waals surface area contributed by atoms with Gasteiger partial charge < -0.3 is 11.1 Å². The minimum atomic E-state index is -0.756. The monoisotopic (exact) mass is 325 g/mol. The third-order valence-electron chi connectivity index (χ3n) is 3.81. The first-order valence-corrected chi connectivity index (χ1v) is 7.81. The highest BCUT2D eigenvalue weighted by Gasteiger charge is 2.31. The molecule has 0 aliphatic heterocycles. The molecule has 1 aromatic heterocycles. The molecule has 1 heterocycles. The lowest BCUT2D eigenvalue weighted by atomic mass is 9.86. The average molecular weight is 325 g/mol. The number of aryl methyl sites for hydroxylation is 1. The maximum atomic E-state index is 12.5. The zero-order valence-electron chi connectivity index (χ0n) is 14.5. The van der Waals surface area contributed by atoms with Crippen LogP contribution in [0, 0.1) is 12.3 Å². The first-order valence-electron chi connectivity index (χ1n) is 7.81. The molecule has 1 atom stereocenters. The summed E-state index contributed by atoms with van der Waals surface area (Å²) in [5, 5.41) is 2.71.